The summed E-state index contributed by atoms with van der Waals surface area (Å²) in [6, 6.07) is 15.6. The first kappa shape index (κ1) is 16.2. The van der Waals surface area contributed by atoms with Crippen molar-refractivity contribution in [1.29, 1.82) is 0 Å². The minimum absolute atomic E-state index is 0.198. The third-order valence-electron chi connectivity index (χ3n) is 2.85. The van der Waals surface area contributed by atoms with Crippen molar-refractivity contribution in [2.75, 3.05) is 16.0 Å². The van der Waals surface area contributed by atoms with Crippen LogP contribution in [-0.4, -0.2) is 17.7 Å². The Hall–Kier alpha value is -3.15. The van der Waals surface area contributed by atoms with Crippen molar-refractivity contribution in [3.63, 3.8) is 0 Å². The Bertz CT molecular complexity index is 714. The quantitative estimate of drug-likeness (QED) is 0.742. The molecule has 23 heavy (non-hydrogen) atoms. The van der Waals surface area contributed by atoms with Gasteiger partial charge in [-0.15, -0.1) is 0 Å². The first-order chi connectivity index (χ1) is 11.0. The molecule has 6 heteroatoms. The SMILES string of the molecule is CC(=O)Nc1cccc(NC(=O)CC(=O)Nc2ccccc2)c1. The molecule has 0 saturated carbocycles. The Morgan fingerprint density at radius 3 is 1.87 bits per heavy atom. The number of hydrogen-bond donors (Lipinski definition) is 3. The van der Waals surface area contributed by atoms with Crippen molar-refractivity contribution < 1.29 is 14.4 Å². The summed E-state index contributed by atoms with van der Waals surface area (Å²) in [5.74, 6) is -1.03. The predicted octanol–water partition coefficient (Wildman–Crippen LogP) is 2.61. The van der Waals surface area contributed by atoms with Crippen LogP contribution < -0.4 is 16.0 Å². The van der Waals surface area contributed by atoms with Gasteiger partial charge >= 0.3 is 0 Å². The molecule has 0 aromatic heterocycles. The zero-order valence-electron chi connectivity index (χ0n) is 12.6. The monoisotopic (exact) mass is 311 g/mol. The van der Waals surface area contributed by atoms with E-state index in [9.17, 15) is 14.4 Å². The van der Waals surface area contributed by atoms with Crippen LogP contribution in [0.15, 0.2) is 54.6 Å². The average Bonchev–Trinajstić information content (AvgIpc) is 2.47. The van der Waals surface area contributed by atoms with Gasteiger partial charge < -0.3 is 16.0 Å². The second kappa shape index (κ2) is 7.74. The third-order valence-corrected chi connectivity index (χ3v) is 2.85. The van der Waals surface area contributed by atoms with Crippen molar-refractivity contribution >= 4 is 34.8 Å². The van der Waals surface area contributed by atoms with Gasteiger partial charge in [0, 0.05) is 24.0 Å². The standard InChI is InChI=1S/C17H17N3O3/c1-12(21)18-14-8-5-9-15(10-14)20-17(23)11-16(22)19-13-6-3-2-4-7-13/h2-10H,11H2,1H3,(H,18,21)(H,19,22)(H,20,23). The molecule has 0 heterocycles. The van der Waals surface area contributed by atoms with Gasteiger partial charge in [-0.25, -0.2) is 0 Å². The van der Waals surface area contributed by atoms with E-state index in [-0.39, 0.29) is 12.3 Å². The Morgan fingerprint density at radius 2 is 1.26 bits per heavy atom. The fourth-order valence-electron chi connectivity index (χ4n) is 1.96. The molecule has 0 aliphatic carbocycles. The summed E-state index contributed by atoms with van der Waals surface area (Å²) in [5.41, 5.74) is 1.72. The number of para-hydroxylation sites is 1. The Balaban J connectivity index is 1.89. The number of carbonyl (C=O) groups excluding carboxylic acids is 3. The van der Waals surface area contributed by atoms with Crippen LogP contribution in [0, 0.1) is 0 Å². The number of nitrogens with one attached hydrogen (secondary N) is 3. The Morgan fingerprint density at radius 1 is 0.739 bits per heavy atom. The largest absolute Gasteiger partial charge is 0.326 e. The van der Waals surface area contributed by atoms with E-state index >= 15 is 0 Å². The smallest absolute Gasteiger partial charge is 0.233 e. The summed E-state index contributed by atoms with van der Waals surface area (Å²) in [4.78, 5) is 34.7. The number of amides is 3. The Kier molecular flexibility index (Phi) is 5.46. The molecule has 0 atom stereocenters. The molecule has 3 N–H and O–H groups in total. The minimum Gasteiger partial charge on any atom is -0.326 e. The van der Waals surface area contributed by atoms with Crippen LogP contribution in [0.5, 0.6) is 0 Å². The number of benzene rings is 2. The van der Waals surface area contributed by atoms with Gasteiger partial charge in [0.25, 0.3) is 0 Å². The minimum atomic E-state index is -0.432. The van der Waals surface area contributed by atoms with Gasteiger partial charge in [0.05, 0.1) is 0 Å². The van der Waals surface area contributed by atoms with Crippen LogP contribution >= 0.6 is 0 Å². The fraction of sp³-hybridized carbons (Fsp3) is 0.118. The van der Waals surface area contributed by atoms with E-state index in [0.29, 0.717) is 17.1 Å². The first-order valence-corrected chi connectivity index (χ1v) is 7.05. The highest BCUT2D eigenvalue weighted by atomic mass is 16.2. The van der Waals surface area contributed by atoms with Crippen LogP contribution in [0.4, 0.5) is 17.1 Å². The van der Waals surface area contributed by atoms with Crippen LogP contribution in [0.1, 0.15) is 13.3 Å². The first-order valence-electron chi connectivity index (χ1n) is 7.05. The number of rotatable bonds is 5. The second-order valence-corrected chi connectivity index (χ2v) is 4.90. The normalized spacial score (nSPS) is 9.78. The molecule has 0 spiro atoms. The topological polar surface area (TPSA) is 87.3 Å². The lowest BCUT2D eigenvalue weighted by atomic mass is 10.2. The number of hydrogen-bond acceptors (Lipinski definition) is 3. The predicted molar refractivity (Wildman–Crippen MR) is 89.1 cm³/mol. The lowest BCUT2D eigenvalue weighted by Gasteiger charge is -2.08. The summed E-state index contributed by atoms with van der Waals surface area (Å²) in [5, 5.41) is 7.88. The Labute approximate surface area is 133 Å². The molecule has 3 amide bonds. The van der Waals surface area contributed by atoms with E-state index in [2.05, 4.69) is 16.0 Å². The van der Waals surface area contributed by atoms with E-state index in [1.165, 1.54) is 6.92 Å². The third kappa shape index (κ3) is 5.62. The molecule has 0 radical (unpaired) electrons. The van der Waals surface area contributed by atoms with Crippen molar-refractivity contribution in [3.05, 3.63) is 54.6 Å². The molecule has 0 bridgehead atoms. The van der Waals surface area contributed by atoms with Gasteiger partial charge in [-0.05, 0) is 30.3 Å². The highest BCUT2D eigenvalue weighted by Crippen LogP contribution is 2.15. The summed E-state index contributed by atoms with van der Waals surface area (Å²) in [7, 11) is 0. The lowest BCUT2D eigenvalue weighted by Crippen LogP contribution is -2.21. The average molecular weight is 311 g/mol. The second-order valence-electron chi connectivity index (χ2n) is 4.90. The summed E-state index contributed by atoms with van der Waals surface area (Å²) in [6.07, 6.45) is -0.292. The molecule has 2 aromatic rings. The van der Waals surface area contributed by atoms with Crippen LogP contribution in [0.25, 0.3) is 0 Å². The molecule has 2 aromatic carbocycles. The van der Waals surface area contributed by atoms with Crippen molar-refractivity contribution in [2.24, 2.45) is 0 Å². The van der Waals surface area contributed by atoms with Crippen LogP contribution in [-0.2, 0) is 14.4 Å². The van der Waals surface area contributed by atoms with E-state index in [4.69, 9.17) is 0 Å². The molecule has 0 aliphatic rings. The molecular formula is C17H17N3O3. The van der Waals surface area contributed by atoms with Crippen molar-refractivity contribution in [3.8, 4) is 0 Å². The highest BCUT2D eigenvalue weighted by Gasteiger charge is 2.10. The van der Waals surface area contributed by atoms with E-state index in [1.54, 1.807) is 48.5 Å². The van der Waals surface area contributed by atoms with Crippen molar-refractivity contribution in [2.45, 2.75) is 13.3 Å². The summed E-state index contributed by atoms with van der Waals surface area (Å²) in [6.45, 7) is 1.40. The van der Waals surface area contributed by atoms with Gasteiger partial charge in [-0.3, -0.25) is 14.4 Å². The molecule has 0 fully saturated rings. The molecule has 0 saturated heterocycles. The highest BCUT2D eigenvalue weighted by molar-refractivity contribution is 6.08. The summed E-state index contributed by atoms with van der Waals surface area (Å²) >= 11 is 0. The molecule has 0 unspecified atom stereocenters. The zero-order chi connectivity index (χ0) is 16.7. The van der Waals surface area contributed by atoms with Gasteiger partial charge in [0.15, 0.2) is 0 Å². The van der Waals surface area contributed by atoms with Crippen LogP contribution in [0.3, 0.4) is 0 Å². The number of anilines is 3. The number of carbonyl (C=O) groups is 3. The maximum absolute atomic E-state index is 11.9. The van der Waals surface area contributed by atoms with Gasteiger partial charge in [-0.1, -0.05) is 24.3 Å². The van der Waals surface area contributed by atoms with Gasteiger partial charge in [-0.2, -0.15) is 0 Å². The molecule has 0 aliphatic heterocycles. The molecule has 2 rings (SSSR count). The van der Waals surface area contributed by atoms with Gasteiger partial charge in [0.1, 0.15) is 6.42 Å². The molecular weight excluding hydrogens is 294 g/mol. The van der Waals surface area contributed by atoms with E-state index in [0.717, 1.165) is 0 Å². The van der Waals surface area contributed by atoms with Crippen LogP contribution in [0.2, 0.25) is 0 Å². The lowest BCUT2D eigenvalue weighted by molar-refractivity contribution is -0.123. The zero-order valence-corrected chi connectivity index (χ0v) is 12.6. The van der Waals surface area contributed by atoms with Gasteiger partial charge in [0.2, 0.25) is 17.7 Å². The maximum atomic E-state index is 11.9. The van der Waals surface area contributed by atoms with E-state index in [1.807, 2.05) is 6.07 Å². The van der Waals surface area contributed by atoms with E-state index < -0.39 is 11.8 Å². The maximum Gasteiger partial charge on any atom is 0.233 e. The molecule has 6 nitrogen and oxygen atoms in total. The fourth-order valence-corrected chi connectivity index (χ4v) is 1.96. The summed E-state index contributed by atoms with van der Waals surface area (Å²) < 4.78 is 0. The van der Waals surface area contributed by atoms with Crippen molar-refractivity contribution in [1.82, 2.24) is 0 Å². The molecule has 118 valence electrons.